The third-order valence-electron chi connectivity index (χ3n) is 3.52. The van der Waals surface area contributed by atoms with E-state index in [1.165, 1.54) is 12.3 Å². The van der Waals surface area contributed by atoms with Crippen molar-refractivity contribution in [3.63, 3.8) is 0 Å². The lowest BCUT2D eigenvalue weighted by Gasteiger charge is -2.15. The summed E-state index contributed by atoms with van der Waals surface area (Å²) in [5.74, 6) is 0. The summed E-state index contributed by atoms with van der Waals surface area (Å²) in [5, 5.41) is 11.1. The maximum absolute atomic E-state index is 12.6. The van der Waals surface area contributed by atoms with Crippen molar-refractivity contribution in [1.82, 2.24) is 15.0 Å². The summed E-state index contributed by atoms with van der Waals surface area (Å²) in [6, 6.07) is 4.84. The summed E-state index contributed by atoms with van der Waals surface area (Å²) in [6.07, 6.45) is -1.03. The largest absolute Gasteiger partial charge is 0.420 e. The first-order valence-corrected chi connectivity index (χ1v) is 6.78. The molecule has 3 aromatic rings. The molecule has 3 aromatic heterocycles. The Labute approximate surface area is 129 Å². The van der Waals surface area contributed by atoms with Gasteiger partial charge in [0, 0.05) is 41.1 Å². The molecule has 0 aliphatic rings. The number of aliphatic hydroxyl groups excluding tert-OH is 1. The van der Waals surface area contributed by atoms with Crippen molar-refractivity contribution in [3.8, 4) is 11.3 Å². The highest BCUT2D eigenvalue weighted by Crippen LogP contribution is 2.33. The van der Waals surface area contributed by atoms with Crippen LogP contribution in [0, 0.1) is 6.92 Å². The van der Waals surface area contributed by atoms with Crippen molar-refractivity contribution >= 4 is 10.8 Å². The van der Waals surface area contributed by atoms with Crippen molar-refractivity contribution in [2.24, 2.45) is 0 Å². The number of aryl methyl sites for hydroxylation is 1. The molecule has 0 aliphatic heterocycles. The highest BCUT2D eigenvalue weighted by Gasteiger charge is 2.40. The molecule has 0 spiro atoms. The molecule has 0 saturated carbocycles. The molecule has 0 fully saturated rings. The van der Waals surface area contributed by atoms with Gasteiger partial charge in [-0.1, -0.05) is 0 Å². The number of hydrogen-bond donors (Lipinski definition) is 1. The number of nitrogens with zero attached hydrogens (tertiary/aromatic N) is 3. The molecule has 3 heterocycles. The van der Waals surface area contributed by atoms with Crippen LogP contribution >= 0.6 is 0 Å². The van der Waals surface area contributed by atoms with Gasteiger partial charge < -0.3 is 5.11 Å². The van der Waals surface area contributed by atoms with Gasteiger partial charge in [0.25, 0.3) is 0 Å². The predicted octanol–water partition coefficient (Wildman–Crippen LogP) is 3.60. The summed E-state index contributed by atoms with van der Waals surface area (Å²) < 4.78 is 37.7. The zero-order valence-electron chi connectivity index (χ0n) is 12.0. The number of fused-ring (bicyclic) bond motifs is 1. The fourth-order valence-corrected chi connectivity index (χ4v) is 2.29. The van der Waals surface area contributed by atoms with Crippen molar-refractivity contribution < 1.29 is 18.3 Å². The van der Waals surface area contributed by atoms with E-state index >= 15 is 0 Å². The van der Waals surface area contributed by atoms with E-state index < -0.39 is 18.0 Å². The fourth-order valence-electron chi connectivity index (χ4n) is 2.29. The van der Waals surface area contributed by atoms with Crippen molar-refractivity contribution in [2.75, 3.05) is 0 Å². The van der Waals surface area contributed by atoms with Gasteiger partial charge in [-0.2, -0.15) is 13.2 Å². The summed E-state index contributed by atoms with van der Waals surface area (Å²) in [4.78, 5) is 12.1. The Morgan fingerprint density at radius 2 is 1.83 bits per heavy atom. The molecule has 0 amide bonds. The van der Waals surface area contributed by atoms with Crippen LogP contribution in [0.1, 0.15) is 17.4 Å². The van der Waals surface area contributed by atoms with Gasteiger partial charge >= 0.3 is 6.18 Å². The minimum absolute atomic E-state index is 0.429. The smallest absolute Gasteiger partial charge is 0.378 e. The third-order valence-corrected chi connectivity index (χ3v) is 3.52. The van der Waals surface area contributed by atoms with E-state index in [1.54, 1.807) is 31.6 Å². The lowest BCUT2D eigenvalue weighted by molar-refractivity contribution is -0.207. The fraction of sp³-hybridized carbons (Fsp3) is 0.188. The normalized spacial score (nSPS) is 13.3. The van der Waals surface area contributed by atoms with Gasteiger partial charge in [-0.05, 0) is 30.7 Å². The second-order valence-corrected chi connectivity index (χ2v) is 5.16. The van der Waals surface area contributed by atoms with Crippen LogP contribution in [0.5, 0.6) is 0 Å². The SMILES string of the molecule is Cc1cc(C(O)C(F)(F)F)ncc1-c1cc2cnccc2cn1. The second kappa shape index (κ2) is 5.58. The van der Waals surface area contributed by atoms with Crippen LogP contribution in [0.4, 0.5) is 13.2 Å². The van der Waals surface area contributed by atoms with Gasteiger partial charge in [-0.3, -0.25) is 15.0 Å². The molecule has 0 radical (unpaired) electrons. The second-order valence-electron chi connectivity index (χ2n) is 5.16. The summed E-state index contributed by atoms with van der Waals surface area (Å²) in [7, 11) is 0. The van der Waals surface area contributed by atoms with Gasteiger partial charge in [0.05, 0.1) is 11.4 Å². The first-order valence-electron chi connectivity index (χ1n) is 6.78. The van der Waals surface area contributed by atoms with Gasteiger partial charge in [0.2, 0.25) is 0 Å². The zero-order chi connectivity index (χ0) is 16.6. The molecule has 118 valence electrons. The van der Waals surface area contributed by atoms with Crippen LogP contribution in [0.25, 0.3) is 22.0 Å². The molecule has 0 aromatic carbocycles. The molecular weight excluding hydrogens is 307 g/mol. The van der Waals surface area contributed by atoms with Crippen LogP contribution in [-0.4, -0.2) is 26.2 Å². The Hall–Kier alpha value is -2.54. The van der Waals surface area contributed by atoms with Gasteiger partial charge in [-0.25, -0.2) is 0 Å². The molecule has 23 heavy (non-hydrogen) atoms. The van der Waals surface area contributed by atoms with E-state index in [1.807, 2.05) is 6.07 Å². The molecule has 7 heteroatoms. The van der Waals surface area contributed by atoms with E-state index in [0.29, 0.717) is 16.8 Å². The van der Waals surface area contributed by atoms with E-state index in [4.69, 9.17) is 0 Å². The average Bonchev–Trinajstić information content (AvgIpc) is 2.52. The first kappa shape index (κ1) is 15.4. The van der Waals surface area contributed by atoms with E-state index in [0.717, 1.165) is 10.8 Å². The number of aliphatic hydroxyl groups is 1. The Bertz CT molecular complexity index is 865. The molecule has 0 bridgehead atoms. The Balaban J connectivity index is 2.02. The number of halogens is 3. The highest BCUT2D eigenvalue weighted by atomic mass is 19.4. The maximum Gasteiger partial charge on any atom is 0.420 e. The van der Waals surface area contributed by atoms with Crippen LogP contribution < -0.4 is 0 Å². The number of hydrogen-bond acceptors (Lipinski definition) is 4. The molecule has 1 atom stereocenters. The zero-order valence-corrected chi connectivity index (χ0v) is 12.0. The van der Waals surface area contributed by atoms with Crippen LogP contribution in [-0.2, 0) is 0 Å². The number of alkyl halides is 3. The number of aromatic nitrogens is 3. The molecule has 0 aliphatic carbocycles. The molecule has 4 nitrogen and oxygen atoms in total. The Morgan fingerprint density at radius 1 is 1.04 bits per heavy atom. The van der Waals surface area contributed by atoms with E-state index in [2.05, 4.69) is 15.0 Å². The summed E-state index contributed by atoms with van der Waals surface area (Å²) in [6.45, 7) is 1.65. The minimum Gasteiger partial charge on any atom is -0.378 e. The van der Waals surface area contributed by atoms with Crippen molar-refractivity contribution in [2.45, 2.75) is 19.2 Å². The summed E-state index contributed by atoms with van der Waals surface area (Å²) >= 11 is 0. The maximum atomic E-state index is 12.6. The van der Waals surface area contributed by atoms with Crippen LogP contribution in [0.2, 0.25) is 0 Å². The standard InChI is InChI=1S/C16H12F3N3O/c1-9-4-14(15(23)16(17,18)19)22-8-12(9)13-5-11-6-20-3-2-10(11)7-21-13/h2-8,15,23H,1H3. The monoisotopic (exact) mass is 319 g/mol. The molecule has 1 unspecified atom stereocenters. The van der Waals surface area contributed by atoms with E-state index in [9.17, 15) is 18.3 Å². The summed E-state index contributed by atoms with van der Waals surface area (Å²) in [5.41, 5.74) is 1.31. The third kappa shape index (κ3) is 3.00. The predicted molar refractivity (Wildman–Crippen MR) is 78.5 cm³/mol. The number of pyridine rings is 3. The average molecular weight is 319 g/mol. The Morgan fingerprint density at radius 3 is 2.52 bits per heavy atom. The minimum atomic E-state index is -4.74. The van der Waals surface area contributed by atoms with Crippen molar-refractivity contribution in [3.05, 3.63) is 54.2 Å². The lowest BCUT2D eigenvalue weighted by Crippen LogP contribution is -2.21. The Kier molecular flexibility index (Phi) is 3.73. The van der Waals surface area contributed by atoms with Gasteiger partial charge in [-0.15, -0.1) is 0 Å². The quantitative estimate of drug-likeness (QED) is 0.784. The molecule has 3 rings (SSSR count). The van der Waals surface area contributed by atoms with Gasteiger partial charge in [0.15, 0.2) is 6.10 Å². The van der Waals surface area contributed by atoms with Crippen LogP contribution in [0.15, 0.2) is 43.0 Å². The van der Waals surface area contributed by atoms with E-state index in [-0.39, 0.29) is 0 Å². The molecule has 1 N–H and O–H groups in total. The van der Waals surface area contributed by atoms with Gasteiger partial charge in [0.1, 0.15) is 0 Å². The number of rotatable bonds is 2. The molecular formula is C16H12F3N3O. The topological polar surface area (TPSA) is 58.9 Å². The van der Waals surface area contributed by atoms with Crippen LogP contribution in [0.3, 0.4) is 0 Å². The van der Waals surface area contributed by atoms with Crippen molar-refractivity contribution in [1.29, 1.82) is 0 Å². The highest BCUT2D eigenvalue weighted by molar-refractivity contribution is 5.84. The first-order chi connectivity index (χ1) is 10.9. The lowest BCUT2D eigenvalue weighted by atomic mass is 10.0. The molecule has 0 saturated heterocycles.